The van der Waals surface area contributed by atoms with E-state index in [1.54, 1.807) is 10.9 Å². The Bertz CT molecular complexity index is 1030. The number of carbonyl (C=O) groups is 1. The molecule has 0 amide bonds. The van der Waals surface area contributed by atoms with E-state index < -0.39 is 0 Å². The van der Waals surface area contributed by atoms with Crippen molar-refractivity contribution in [1.82, 2.24) is 24.6 Å². The minimum absolute atomic E-state index is 0.245. The number of Topliss-reactive ketones (excluding diaryl/α,β-unsaturated/α-hetero) is 1. The molecule has 1 saturated carbocycles. The second-order valence-electron chi connectivity index (χ2n) is 8.49. The quantitative estimate of drug-likeness (QED) is 0.686. The number of likely N-dealkylation sites (tertiary alicyclic amines) is 1. The monoisotopic (exact) mass is 375 g/mol. The van der Waals surface area contributed by atoms with Gasteiger partial charge in [0.1, 0.15) is 0 Å². The molecule has 2 aliphatic rings. The Kier molecular flexibility index (Phi) is 4.23. The number of piperidine rings is 1. The maximum atomic E-state index is 12.6. The zero-order valence-electron chi connectivity index (χ0n) is 16.3. The van der Waals surface area contributed by atoms with Gasteiger partial charge in [-0.1, -0.05) is 0 Å². The fourth-order valence-corrected chi connectivity index (χ4v) is 4.27. The van der Waals surface area contributed by atoms with Gasteiger partial charge in [-0.15, -0.1) is 0 Å². The normalized spacial score (nSPS) is 18.6. The summed E-state index contributed by atoms with van der Waals surface area (Å²) in [7, 11) is 1.90. The average Bonchev–Trinajstić information content (AvgIpc) is 3.31. The number of rotatable bonds is 5. The molecule has 0 unspecified atom stereocenters. The van der Waals surface area contributed by atoms with Crippen LogP contribution >= 0.6 is 0 Å². The van der Waals surface area contributed by atoms with E-state index in [1.807, 2.05) is 31.7 Å². The summed E-state index contributed by atoms with van der Waals surface area (Å²) < 4.78 is 1.78. The predicted octanol–water partition coefficient (Wildman–Crippen LogP) is 3.02. The summed E-state index contributed by atoms with van der Waals surface area (Å²) in [5, 5.41) is 5.23. The van der Waals surface area contributed by atoms with E-state index in [0.717, 1.165) is 40.8 Å². The van der Waals surface area contributed by atoms with Gasteiger partial charge < -0.3 is 0 Å². The highest BCUT2D eigenvalue weighted by atomic mass is 16.1. The molecule has 0 bridgehead atoms. The third-order valence-corrected chi connectivity index (χ3v) is 6.31. The molecule has 6 heteroatoms. The molecule has 4 heterocycles. The highest BCUT2D eigenvalue weighted by Crippen LogP contribution is 2.53. The smallest absolute Gasteiger partial charge is 0.152 e. The molecule has 3 aromatic rings. The first kappa shape index (κ1) is 17.5. The van der Waals surface area contributed by atoms with Gasteiger partial charge in [-0.25, -0.2) is 0 Å². The van der Waals surface area contributed by atoms with Gasteiger partial charge in [0.2, 0.25) is 0 Å². The number of pyridine rings is 2. The standard InChI is InChI=1S/C22H25N5O/c1-26-14-18(12-25-26)17-8-16-9-19(23-13-21(16)24-11-17)10-20(28)15-27-6-4-22(2-3-22)5-7-27/h8-9,11-14H,2-7,10,15H2,1H3. The highest BCUT2D eigenvalue weighted by Gasteiger charge is 2.44. The Morgan fingerprint density at radius 3 is 2.57 bits per heavy atom. The van der Waals surface area contributed by atoms with E-state index in [4.69, 9.17) is 0 Å². The number of hydrogen-bond donors (Lipinski definition) is 0. The van der Waals surface area contributed by atoms with E-state index in [9.17, 15) is 4.79 Å². The minimum atomic E-state index is 0.245. The first-order chi connectivity index (χ1) is 13.6. The van der Waals surface area contributed by atoms with Gasteiger partial charge in [0.25, 0.3) is 0 Å². The van der Waals surface area contributed by atoms with E-state index >= 15 is 0 Å². The van der Waals surface area contributed by atoms with E-state index in [2.05, 4.69) is 26.0 Å². The Morgan fingerprint density at radius 2 is 1.86 bits per heavy atom. The van der Waals surface area contributed by atoms with Crippen LogP contribution in [0.3, 0.4) is 0 Å². The van der Waals surface area contributed by atoms with Crippen molar-refractivity contribution in [2.75, 3.05) is 19.6 Å². The van der Waals surface area contributed by atoms with Crippen LogP contribution in [0.1, 0.15) is 31.4 Å². The first-order valence-corrected chi connectivity index (χ1v) is 10.1. The van der Waals surface area contributed by atoms with Gasteiger partial charge in [-0.2, -0.15) is 5.10 Å². The number of nitrogens with zero attached hydrogens (tertiary/aromatic N) is 5. The van der Waals surface area contributed by atoms with Crippen LogP contribution in [0.25, 0.3) is 22.0 Å². The van der Waals surface area contributed by atoms with Crippen molar-refractivity contribution < 1.29 is 4.79 Å². The van der Waals surface area contributed by atoms with Crippen molar-refractivity contribution in [3.05, 3.63) is 42.6 Å². The molecule has 0 radical (unpaired) electrons. The lowest BCUT2D eigenvalue weighted by atomic mass is 9.93. The number of aromatic nitrogens is 4. The van der Waals surface area contributed by atoms with Crippen molar-refractivity contribution in [3.63, 3.8) is 0 Å². The van der Waals surface area contributed by atoms with Crippen molar-refractivity contribution in [1.29, 1.82) is 0 Å². The molecule has 1 spiro atoms. The van der Waals surface area contributed by atoms with Crippen LogP contribution in [0.5, 0.6) is 0 Å². The second kappa shape index (κ2) is 6.78. The Balaban J connectivity index is 1.28. The maximum absolute atomic E-state index is 12.6. The molecule has 1 aliphatic heterocycles. The van der Waals surface area contributed by atoms with Crippen molar-refractivity contribution >= 4 is 16.7 Å². The van der Waals surface area contributed by atoms with E-state index in [0.29, 0.717) is 18.4 Å². The molecular formula is C22H25N5O. The fourth-order valence-electron chi connectivity index (χ4n) is 4.27. The summed E-state index contributed by atoms with van der Waals surface area (Å²) in [5.74, 6) is 0.245. The number of fused-ring (bicyclic) bond motifs is 1. The molecule has 0 N–H and O–H groups in total. The van der Waals surface area contributed by atoms with Gasteiger partial charge >= 0.3 is 0 Å². The lowest BCUT2D eigenvalue weighted by Gasteiger charge is -2.31. The number of aryl methyl sites for hydroxylation is 1. The van der Waals surface area contributed by atoms with Crippen LogP contribution < -0.4 is 0 Å². The van der Waals surface area contributed by atoms with Gasteiger partial charge in [0.15, 0.2) is 5.78 Å². The average molecular weight is 375 g/mol. The molecule has 2 fully saturated rings. The minimum Gasteiger partial charge on any atom is -0.298 e. The zero-order valence-corrected chi connectivity index (χ0v) is 16.3. The van der Waals surface area contributed by atoms with Crippen LogP contribution in [0.15, 0.2) is 36.9 Å². The molecule has 144 valence electrons. The van der Waals surface area contributed by atoms with Crippen LogP contribution in [0.2, 0.25) is 0 Å². The molecule has 1 saturated heterocycles. The summed E-state index contributed by atoms with van der Waals surface area (Å²) >= 11 is 0. The Hall–Kier alpha value is -2.60. The summed E-state index contributed by atoms with van der Waals surface area (Å²) in [5.41, 5.74) is 4.36. The molecule has 3 aromatic heterocycles. The Labute approximate surface area is 164 Å². The molecule has 28 heavy (non-hydrogen) atoms. The number of hydrogen-bond acceptors (Lipinski definition) is 5. The van der Waals surface area contributed by atoms with Crippen LogP contribution in [-0.4, -0.2) is 50.1 Å². The zero-order chi connectivity index (χ0) is 19.1. The number of ketones is 1. The van der Waals surface area contributed by atoms with E-state index in [1.165, 1.54) is 25.7 Å². The van der Waals surface area contributed by atoms with Crippen LogP contribution in [0, 0.1) is 5.41 Å². The van der Waals surface area contributed by atoms with Crippen LogP contribution in [0.4, 0.5) is 0 Å². The predicted molar refractivity (Wildman–Crippen MR) is 108 cm³/mol. The Morgan fingerprint density at radius 1 is 1.04 bits per heavy atom. The molecule has 0 aromatic carbocycles. The third-order valence-electron chi connectivity index (χ3n) is 6.31. The molecule has 1 aliphatic carbocycles. The summed E-state index contributed by atoms with van der Waals surface area (Å²) in [6.07, 6.45) is 13.1. The first-order valence-electron chi connectivity index (χ1n) is 10.1. The summed E-state index contributed by atoms with van der Waals surface area (Å²) in [4.78, 5) is 23.9. The van der Waals surface area contributed by atoms with Gasteiger partial charge in [0, 0.05) is 41.6 Å². The number of carbonyl (C=O) groups excluding carboxylic acids is 1. The SMILES string of the molecule is Cn1cc(-c2cnc3cnc(CC(=O)CN4CCC5(CC4)CC5)cc3c2)cn1. The maximum Gasteiger partial charge on any atom is 0.152 e. The van der Waals surface area contributed by atoms with Crippen molar-refractivity contribution in [3.8, 4) is 11.1 Å². The van der Waals surface area contributed by atoms with Gasteiger partial charge in [0.05, 0.1) is 30.9 Å². The van der Waals surface area contributed by atoms with Crippen molar-refractivity contribution in [2.24, 2.45) is 12.5 Å². The molecule has 0 atom stereocenters. The lowest BCUT2D eigenvalue weighted by molar-refractivity contribution is -0.120. The molecular weight excluding hydrogens is 350 g/mol. The third kappa shape index (κ3) is 3.56. The topological polar surface area (TPSA) is 63.9 Å². The lowest BCUT2D eigenvalue weighted by Crippen LogP contribution is -2.38. The van der Waals surface area contributed by atoms with Gasteiger partial charge in [-0.05, 0) is 56.3 Å². The molecule has 6 nitrogen and oxygen atoms in total. The summed E-state index contributed by atoms with van der Waals surface area (Å²) in [6, 6.07) is 4.09. The van der Waals surface area contributed by atoms with Gasteiger partial charge in [-0.3, -0.25) is 24.3 Å². The highest BCUT2D eigenvalue weighted by molar-refractivity contribution is 5.86. The van der Waals surface area contributed by atoms with Crippen molar-refractivity contribution in [2.45, 2.75) is 32.1 Å². The van der Waals surface area contributed by atoms with Crippen LogP contribution in [-0.2, 0) is 18.3 Å². The summed E-state index contributed by atoms with van der Waals surface area (Å²) in [6.45, 7) is 2.67. The molecule has 5 rings (SSSR count). The second-order valence-corrected chi connectivity index (χ2v) is 8.49. The largest absolute Gasteiger partial charge is 0.298 e. The fraction of sp³-hybridized carbons (Fsp3) is 0.455. The van der Waals surface area contributed by atoms with E-state index in [-0.39, 0.29) is 5.78 Å².